The van der Waals surface area contributed by atoms with Crippen LogP contribution in [0.2, 0.25) is 0 Å². The number of hydrogen-bond acceptors (Lipinski definition) is 4. The molecule has 1 heterocycles. The predicted octanol–water partition coefficient (Wildman–Crippen LogP) is 1.59. The molecule has 90 valence electrons. The van der Waals surface area contributed by atoms with Crippen LogP contribution in [0, 0.1) is 10.1 Å². The molecule has 1 aliphatic heterocycles. The Kier molecular flexibility index (Phi) is 3.72. The van der Waals surface area contributed by atoms with Crippen molar-refractivity contribution >= 4 is 5.70 Å². The highest BCUT2D eigenvalue weighted by molar-refractivity contribution is 5.57. The Morgan fingerprint density at radius 3 is 2.53 bits per heavy atom. The van der Waals surface area contributed by atoms with E-state index < -0.39 is 0 Å². The van der Waals surface area contributed by atoms with Gasteiger partial charge in [-0.3, -0.25) is 10.1 Å². The van der Waals surface area contributed by atoms with Crippen molar-refractivity contribution in [3.63, 3.8) is 0 Å². The highest BCUT2D eigenvalue weighted by Crippen LogP contribution is 2.16. The topological polar surface area (TPSA) is 55.6 Å². The monoisotopic (exact) mass is 234 g/mol. The van der Waals surface area contributed by atoms with E-state index in [0.29, 0.717) is 31.9 Å². The van der Waals surface area contributed by atoms with Crippen molar-refractivity contribution < 1.29 is 9.66 Å². The molecule has 0 spiro atoms. The number of hydrogen-bond donors (Lipinski definition) is 0. The Morgan fingerprint density at radius 1 is 1.29 bits per heavy atom. The van der Waals surface area contributed by atoms with Gasteiger partial charge < -0.3 is 9.64 Å². The molecule has 0 unspecified atom stereocenters. The van der Waals surface area contributed by atoms with Crippen molar-refractivity contribution in [2.24, 2.45) is 0 Å². The van der Waals surface area contributed by atoms with E-state index in [2.05, 4.69) is 0 Å². The Hall–Kier alpha value is -1.88. The molecular weight excluding hydrogens is 220 g/mol. The normalized spacial score (nSPS) is 16.9. The van der Waals surface area contributed by atoms with Gasteiger partial charge in [0.15, 0.2) is 0 Å². The molecule has 17 heavy (non-hydrogen) atoms. The molecule has 0 bridgehead atoms. The molecule has 2 rings (SSSR count). The lowest BCUT2D eigenvalue weighted by Gasteiger charge is -2.24. The van der Waals surface area contributed by atoms with E-state index in [1.165, 1.54) is 0 Å². The third-order valence-corrected chi connectivity index (χ3v) is 2.62. The minimum atomic E-state index is -0.342. The maximum Gasteiger partial charge on any atom is 0.292 e. The first kappa shape index (κ1) is 11.6. The number of nitrogens with zero attached hydrogens (tertiary/aromatic N) is 2. The van der Waals surface area contributed by atoms with E-state index in [-0.39, 0.29) is 10.6 Å². The summed E-state index contributed by atoms with van der Waals surface area (Å²) >= 11 is 0. The molecular formula is C12H14N2O3. The highest BCUT2D eigenvalue weighted by atomic mass is 16.6. The first-order valence-electron chi connectivity index (χ1n) is 5.51. The van der Waals surface area contributed by atoms with Crippen LogP contribution < -0.4 is 0 Å². The first-order valence-corrected chi connectivity index (χ1v) is 5.51. The summed E-state index contributed by atoms with van der Waals surface area (Å²) in [5.74, 6) is 0. The molecule has 0 amide bonds. The Labute approximate surface area is 99.5 Å². The van der Waals surface area contributed by atoms with Crippen molar-refractivity contribution in [1.29, 1.82) is 0 Å². The predicted molar refractivity (Wildman–Crippen MR) is 63.8 cm³/mol. The maximum atomic E-state index is 11.1. The fourth-order valence-corrected chi connectivity index (χ4v) is 1.72. The quantitative estimate of drug-likeness (QED) is 0.588. The lowest BCUT2D eigenvalue weighted by molar-refractivity contribution is -0.376. The first-order chi connectivity index (χ1) is 8.27. The molecule has 5 nitrogen and oxygen atoms in total. The van der Waals surface area contributed by atoms with Crippen LogP contribution in [-0.4, -0.2) is 36.1 Å². The summed E-state index contributed by atoms with van der Waals surface area (Å²) < 4.78 is 5.21. The van der Waals surface area contributed by atoms with Gasteiger partial charge in [0.2, 0.25) is 0 Å². The van der Waals surface area contributed by atoms with Gasteiger partial charge in [-0.25, -0.2) is 0 Å². The van der Waals surface area contributed by atoms with Gasteiger partial charge in [0.05, 0.1) is 29.9 Å². The van der Waals surface area contributed by atoms with Gasteiger partial charge in [-0.2, -0.15) is 0 Å². The Morgan fingerprint density at radius 2 is 1.94 bits per heavy atom. The van der Waals surface area contributed by atoms with Crippen LogP contribution >= 0.6 is 0 Å². The largest absolute Gasteiger partial charge is 0.378 e. The molecule has 0 N–H and O–H groups in total. The summed E-state index contributed by atoms with van der Waals surface area (Å²) in [6.45, 7) is 2.64. The van der Waals surface area contributed by atoms with Gasteiger partial charge in [-0.05, 0) is 12.1 Å². The minimum Gasteiger partial charge on any atom is -0.378 e. The second-order valence-corrected chi connectivity index (χ2v) is 3.79. The highest BCUT2D eigenvalue weighted by Gasteiger charge is 2.17. The number of nitro groups is 1. The van der Waals surface area contributed by atoms with E-state index in [1.54, 1.807) is 30.5 Å². The standard InChI is InChI=1S/C12H14N2O3/c15-14(16)12(11-4-2-1-3-5-11)10-13-6-8-17-9-7-13/h1-5,10H,6-9H2/b12-10-. The number of ether oxygens (including phenoxy) is 1. The van der Waals surface area contributed by atoms with Gasteiger partial charge in [0, 0.05) is 13.1 Å². The van der Waals surface area contributed by atoms with Crippen molar-refractivity contribution in [2.75, 3.05) is 26.3 Å². The zero-order valence-corrected chi connectivity index (χ0v) is 9.41. The second kappa shape index (κ2) is 5.45. The van der Waals surface area contributed by atoms with Gasteiger partial charge in [0.1, 0.15) is 0 Å². The van der Waals surface area contributed by atoms with Crippen LogP contribution in [0.3, 0.4) is 0 Å². The zero-order chi connectivity index (χ0) is 12.1. The van der Waals surface area contributed by atoms with Gasteiger partial charge >= 0.3 is 0 Å². The number of benzene rings is 1. The summed E-state index contributed by atoms with van der Waals surface area (Å²) in [5, 5.41) is 11.1. The van der Waals surface area contributed by atoms with Crippen LogP contribution in [0.1, 0.15) is 5.56 Å². The van der Waals surface area contributed by atoms with Gasteiger partial charge in [-0.15, -0.1) is 0 Å². The van der Waals surface area contributed by atoms with Crippen molar-refractivity contribution in [3.8, 4) is 0 Å². The third-order valence-electron chi connectivity index (χ3n) is 2.62. The SMILES string of the molecule is O=[N+]([O-])/C(=C\N1CCOCC1)c1ccccc1. The van der Waals surface area contributed by atoms with Crippen molar-refractivity contribution in [3.05, 3.63) is 52.2 Å². The fraction of sp³-hybridized carbons (Fsp3) is 0.333. The molecule has 0 atom stereocenters. The van der Waals surface area contributed by atoms with Gasteiger partial charge in [-0.1, -0.05) is 18.2 Å². The smallest absolute Gasteiger partial charge is 0.292 e. The molecule has 1 aromatic carbocycles. The summed E-state index contributed by atoms with van der Waals surface area (Å²) in [6.07, 6.45) is 1.61. The molecule has 1 saturated heterocycles. The van der Waals surface area contributed by atoms with Crippen molar-refractivity contribution in [2.45, 2.75) is 0 Å². The van der Waals surface area contributed by atoms with E-state index in [4.69, 9.17) is 4.74 Å². The van der Waals surface area contributed by atoms with Crippen LogP contribution in [0.15, 0.2) is 36.5 Å². The fourth-order valence-electron chi connectivity index (χ4n) is 1.72. The lowest BCUT2D eigenvalue weighted by atomic mass is 10.2. The molecule has 0 aliphatic carbocycles. The van der Waals surface area contributed by atoms with Crippen molar-refractivity contribution in [1.82, 2.24) is 4.90 Å². The third kappa shape index (κ3) is 3.04. The molecule has 5 heteroatoms. The van der Waals surface area contributed by atoms with E-state index >= 15 is 0 Å². The van der Waals surface area contributed by atoms with E-state index in [9.17, 15) is 10.1 Å². The Balaban J connectivity index is 2.22. The molecule has 1 fully saturated rings. The van der Waals surface area contributed by atoms with E-state index in [0.717, 1.165) is 0 Å². The maximum absolute atomic E-state index is 11.1. The second-order valence-electron chi connectivity index (χ2n) is 3.79. The lowest BCUT2D eigenvalue weighted by Crippen LogP contribution is -2.32. The average Bonchev–Trinajstić information content (AvgIpc) is 2.38. The van der Waals surface area contributed by atoms with E-state index in [1.807, 2.05) is 11.0 Å². The summed E-state index contributed by atoms with van der Waals surface area (Å²) in [5.41, 5.74) is 0.761. The summed E-state index contributed by atoms with van der Waals surface area (Å²) in [7, 11) is 0. The van der Waals surface area contributed by atoms with Crippen LogP contribution in [0.4, 0.5) is 0 Å². The van der Waals surface area contributed by atoms with Gasteiger partial charge in [0.25, 0.3) is 5.70 Å². The summed E-state index contributed by atoms with van der Waals surface area (Å²) in [6, 6.07) is 8.93. The number of morpholine rings is 1. The summed E-state index contributed by atoms with van der Waals surface area (Å²) in [4.78, 5) is 12.6. The minimum absolute atomic E-state index is 0.132. The molecule has 1 aliphatic rings. The van der Waals surface area contributed by atoms with Crippen LogP contribution in [-0.2, 0) is 4.74 Å². The molecule has 0 aromatic heterocycles. The number of rotatable bonds is 3. The molecule has 0 radical (unpaired) electrons. The average molecular weight is 234 g/mol. The van der Waals surface area contributed by atoms with Crippen LogP contribution in [0.25, 0.3) is 5.70 Å². The molecule has 0 saturated carbocycles. The zero-order valence-electron chi connectivity index (χ0n) is 9.41. The van der Waals surface area contributed by atoms with Crippen LogP contribution in [0.5, 0.6) is 0 Å². The molecule has 1 aromatic rings. The Bertz CT molecular complexity index is 411.